The van der Waals surface area contributed by atoms with Gasteiger partial charge in [0.25, 0.3) is 5.56 Å². The van der Waals surface area contributed by atoms with E-state index in [0.717, 1.165) is 18.2 Å². The summed E-state index contributed by atoms with van der Waals surface area (Å²) in [5, 5.41) is 15.4. The molecule has 2 aliphatic heterocycles. The average molecular weight is 472 g/mol. The number of halogens is 2. The number of rotatable bonds is 5. The van der Waals surface area contributed by atoms with Crippen molar-refractivity contribution in [2.24, 2.45) is 11.8 Å². The van der Waals surface area contributed by atoms with Crippen LogP contribution < -0.4 is 16.2 Å². The smallest absolute Gasteiger partial charge is 0.322 e. The standard InChI is InChI=1S/C24H26F2N4O4/c1-3-5-13-6-9-18-21-20(22(32)27-4-2)15(12-31)19(11-29(18)23(13)33)30(21)24(34)28-17-10-14(25)7-8-16(17)26/h3,5-10,15,19-21,31H,4,11-12H2,1-2H3,(H,27,32)(H,28,34)/b5-3-/t15-,19-,20+,21+/m1/s1. The Morgan fingerprint density at radius 2 is 2.00 bits per heavy atom. The summed E-state index contributed by atoms with van der Waals surface area (Å²) in [5.41, 5.74) is 0.290. The number of urea groups is 1. The molecule has 0 aliphatic carbocycles. The van der Waals surface area contributed by atoms with Gasteiger partial charge in [0.05, 0.1) is 23.7 Å². The van der Waals surface area contributed by atoms with Crippen molar-refractivity contribution in [2.45, 2.75) is 32.5 Å². The van der Waals surface area contributed by atoms with Gasteiger partial charge in [0.1, 0.15) is 11.6 Å². The number of carbonyl (C=O) groups is 2. The number of fused-ring (bicyclic) bond motifs is 4. The first-order valence-corrected chi connectivity index (χ1v) is 11.1. The minimum atomic E-state index is -0.883. The fourth-order valence-electron chi connectivity index (χ4n) is 5.07. The fraction of sp³-hybridized carbons (Fsp3) is 0.375. The highest BCUT2D eigenvalue weighted by Gasteiger charge is 2.57. The van der Waals surface area contributed by atoms with Crippen molar-refractivity contribution >= 4 is 23.7 Å². The second-order valence-corrected chi connectivity index (χ2v) is 8.37. The first-order valence-electron chi connectivity index (χ1n) is 11.1. The Bertz CT molecular complexity index is 1210. The largest absolute Gasteiger partial charge is 0.396 e. The van der Waals surface area contributed by atoms with E-state index in [-0.39, 0.29) is 23.7 Å². The normalized spacial score (nSPS) is 23.1. The van der Waals surface area contributed by atoms with Crippen molar-refractivity contribution in [1.29, 1.82) is 0 Å². The summed E-state index contributed by atoms with van der Waals surface area (Å²) in [7, 11) is 0. The molecule has 1 fully saturated rings. The highest BCUT2D eigenvalue weighted by Crippen LogP contribution is 2.48. The van der Waals surface area contributed by atoms with Crippen LogP contribution in [0.1, 0.15) is 31.1 Å². The maximum atomic E-state index is 14.2. The Morgan fingerprint density at radius 3 is 2.68 bits per heavy atom. The number of nitrogens with one attached hydrogen (secondary N) is 2. The molecular formula is C24H26F2N4O4. The fourth-order valence-corrected chi connectivity index (χ4v) is 5.07. The molecule has 0 saturated carbocycles. The third-order valence-electron chi connectivity index (χ3n) is 6.48. The van der Waals surface area contributed by atoms with Gasteiger partial charge in [0.2, 0.25) is 5.91 Å². The van der Waals surface area contributed by atoms with Gasteiger partial charge in [0.15, 0.2) is 0 Å². The van der Waals surface area contributed by atoms with Crippen LogP contribution in [0, 0.1) is 23.5 Å². The summed E-state index contributed by atoms with van der Waals surface area (Å²) in [6.07, 6.45) is 3.41. The number of pyridine rings is 1. The Kier molecular flexibility index (Phi) is 6.52. The van der Waals surface area contributed by atoms with Crippen LogP contribution in [0.25, 0.3) is 6.08 Å². The Labute approximate surface area is 194 Å². The van der Waals surface area contributed by atoms with Gasteiger partial charge >= 0.3 is 6.03 Å². The molecule has 4 atom stereocenters. The van der Waals surface area contributed by atoms with Crippen molar-refractivity contribution < 1.29 is 23.5 Å². The van der Waals surface area contributed by atoms with E-state index in [1.54, 1.807) is 38.1 Å². The molecule has 3 amide bonds. The number of benzene rings is 1. The Hall–Kier alpha value is -3.53. The molecule has 2 bridgehead atoms. The van der Waals surface area contributed by atoms with Gasteiger partial charge in [0, 0.05) is 42.9 Å². The van der Waals surface area contributed by atoms with Crippen LogP contribution >= 0.6 is 0 Å². The molecule has 1 aromatic carbocycles. The molecule has 0 radical (unpaired) electrons. The zero-order valence-corrected chi connectivity index (χ0v) is 18.8. The molecule has 3 heterocycles. The monoisotopic (exact) mass is 472 g/mol. The summed E-state index contributed by atoms with van der Waals surface area (Å²) in [6, 6.07) is 3.67. The highest BCUT2D eigenvalue weighted by atomic mass is 19.1. The SMILES string of the molecule is C/C=C\c1ccc2n(c1=O)C[C@@H]1[C@@H](CO)[C@H](C(=O)NCC)[C@H]2N1C(=O)Nc1cc(F)ccc1F. The van der Waals surface area contributed by atoms with Crippen molar-refractivity contribution in [2.75, 3.05) is 18.5 Å². The molecule has 3 N–H and O–H groups in total. The van der Waals surface area contributed by atoms with Crippen LogP contribution in [-0.2, 0) is 11.3 Å². The lowest BCUT2D eigenvalue weighted by molar-refractivity contribution is -0.127. The summed E-state index contributed by atoms with van der Waals surface area (Å²) >= 11 is 0. The predicted molar refractivity (Wildman–Crippen MR) is 122 cm³/mol. The molecule has 1 aromatic heterocycles. The maximum Gasteiger partial charge on any atom is 0.322 e. The van der Waals surface area contributed by atoms with Gasteiger partial charge in [-0.05, 0) is 38.1 Å². The highest BCUT2D eigenvalue weighted by molar-refractivity contribution is 5.92. The lowest BCUT2D eigenvalue weighted by Crippen LogP contribution is -2.50. The summed E-state index contributed by atoms with van der Waals surface area (Å²) < 4.78 is 29.4. The lowest BCUT2D eigenvalue weighted by atomic mass is 9.86. The number of nitrogens with zero attached hydrogens (tertiary/aromatic N) is 2. The second kappa shape index (κ2) is 9.38. The van der Waals surface area contributed by atoms with Gasteiger partial charge < -0.3 is 25.2 Å². The van der Waals surface area contributed by atoms with Crippen LogP contribution in [0.5, 0.6) is 0 Å². The molecule has 2 aromatic rings. The van der Waals surface area contributed by atoms with Crippen LogP contribution in [0.3, 0.4) is 0 Å². The number of hydrogen-bond acceptors (Lipinski definition) is 4. The van der Waals surface area contributed by atoms with E-state index in [2.05, 4.69) is 10.6 Å². The maximum absolute atomic E-state index is 14.2. The number of hydrogen-bond donors (Lipinski definition) is 3. The van der Waals surface area contributed by atoms with Gasteiger partial charge in [-0.25, -0.2) is 13.6 Å². The minimum absolute atomic E-state index is 0.0518. The molecule has 2 aliphatic rings. The second-order valence-electron chi connectivity index (χ2n) is 8.37. The summed E-state index contributed by atoms with van der Waals surface area (Å²) in [5.74, 6) is -3.39. The van der Waals surface area contributed by atoms with E-state index in [9.17, 15) is 28.3 Å². The Morgan fingerprint density at radius 1 is 1.24 bits per heavy atom. The topological polar surface area (TPSA) is 104 Å². The van der Waals surface area contributed by atoms with E-state index in [0.29, 0.717) is 17.8 Å². The van der Waals surface area contributed by atoms with Gasteiger partial charge in [-0.3, -0.25) is 9.59 Å². The third-order valence-corrected chi connectivity index (χ3v) is 6.48. The molecule has 10 heteroatoms. The number of aliphatic hydroxyl groups excluding tert-OH is 1. The van der Waals surface area contributed by atoms with E-state index in [1.807, 2.05) is 0 Å². The lowest BCUT2D eigenvalue weighted by Gasteiger charge is -2.38. The summed E-state index contributed by atoms with van der Waals surface area (Å²) in [4.78, 5) is 40.9. The van der Waals surface area contributed by atoms with E-state index in [1.165, 1.54) is 9.47 Å². The summed E-state index contributed by atoms with van der Waals surface area (Å²) in [6.45, 7) is 3.55. The van der Waals surface area contributed by atoms with Crippen LogP contribution in [0.2, 0.25) is 0 Å². The molecule has 180 valence electrons. The van der Waals surface area contributed by atoms with Crippen molar-refractivity contribution in [3.63, 3.8) is 0 Å². The third kappa shape index (κ3) is 3.87. The van der Waals surface area contributed by atoms with Gasteiger partial charge in [-0.15, -0.1) is 0 Å². The number of allylic oxidation sites excluding steroid dienone is 1. The van der Waals surface area contributed by atoms with Crippen LogP contribution in [0.15, 0.2) is 41.2 Å². The first-order chi connectivity index (χ1) is 16.3. The molecule has 0 spiro atoms. The van der Waals surface area contributed by atoms with E-state index in [4.69, 9.17) is 0 Å². The zero-order chi connectivity index (χ0) is 24.6. The van der Waals surface area contributed by atoms with Crippen molar-refractivity contribution in [1.82, 2.24) is 14.8 Å². The molecule has 34 heavy (non-hydrogen) atoms. The van der Waals surface area contributed by atoms with Crippen molar-refractivity contribution in [3.8, 4) is 0 Å². The molecule has 8 nitrogen and oxygen atoms in total. The van der Waals surface area contributed by atoms with Crippen LogP contribution in [-0.4, -0.2) is 45.7 Å². The number of anilines is 1. The zero-order valence-electron chi connectivity index (χ0n) is 18.8. The quantitative estimate of drug-likeness (QED) is 0.622. The molecule has 0 unspecified atom stereocenters. The molecule has 4 rings (SSSR count). The van der Waals surface area contributed by atoms with Crippen LogP contribution in [0.4, 0.5) is 19.3 Å². The predicted octanol–water partition coefficient (Wildman–Crippen LogP) is 2.49. The average Bonchev–Trinajstić information content (AvgIpc) is 3.05. The minimum Gasteiger partial charge on any atom is -0.396 e. The number of amides is 3. The number of aliphatic hydroxyl groups is 1. The van der Waals surface area contributed by atoms with Gasteiger partial charge in [-0.1, -0.05) is 12.2 Å². The first kappa shape index (κ1) is 23.6. The van der Waals surface area contributed by atoms with E-state index < -0.39 is 48.2 Å². The number of aromatic nitrogens is 1. The molecular weight excluding hydrogens is 446 g/mol. The van der Waals surface area contributed by atoms with E-state index >= 15 is 0 Å². The number of carbonyl (C=O) groups excluding carboxylic acids is 2. The molecule has 1 saturated heterocycles. The Balaban J connectivity index is 1.82. The van der Waals surface area contributed by atoms with Crippen molar-refractivity contribution in [3.05, 3.63) is 69.7 Å². The van der Waals surface area contributed by atoms with Gasteiger partial charge in [-0.2, -0.15) is 0 Å².